The molecule has 1 aromatic heterocycles. The zero-order valence-corrected chi connectivity index (χ0v) is 13.5. The van der Waals surface area contributed by atoms with Crippen molar-refractivity contribution in [1.82, 2.24) is 4.98 Å². The number of hydrogen-bond donors (Lipinski definition) is 1. The molecule has 0 fully saturated rings. The predicted molar refractivity (Wildman–Crippen MR) is 92.8 cm³/mol. The molecule has 0 atom stereocenters. The molecule has 0 aliphatic carbocycles. The van der Waals surface area contributed by atoms with Crippen LogP contribution in [0.5, 0.6) is 5.75 Å². The van der Waals surface area contributed by atoms with Gasteiger partial charge in [-0.25, -0.2) is 4.39 Å². The first-order chi connectivity index (χ1) is 11.8. The number of nitrogens with zero attached hydrogens (tertiary/aromatic N) is 1. The molecular formula is C19H19FN2O2. The van der Waals surface area contributed by atoms with Gasteiger partial charge in [0, 0.05) is 29.9 Å². The van der Waals surface area contributed by atoms with Crippen LogP contribution in [-0.4, -0.2) is 25.2 Å². The molecule has 3 rings (SSSR count). The Balaban J connectivity index is 1.50. The lowest BCUT2D eigenvalue weighted by Gasteiger charge is -2.10. The molecule has 124 valence electrons. The summed E-state index contributed by atoms with van der Waals surface area (Å²) in [5.74, 6) is 0.552. The molecule has 1 N–H and O–H groups in total. The number of pyridine rings is 1. The quantitative estimate of drug-likeness (QED) is 0.666. The van der Waals surface area contributed by atoms with Crippen LogP contribution >= 0.6 is 0 Å². The van der Waals surface area contributed by atoms with Crippen LogP contribution in [0.1, 0.15) is 5.56 Å². The number of methoxy groups -OCH3 is 1. The Morgan fingerprint density at radius 2 is 1.92 bits per heavy atom. The Morgan fingerprint density at radius 1 is 1.08 bits per heavy atom. The first kappa shape index (κ1) is 16.2. The highest BCUT2D eigenvalue weighted by Crippen LogP contribution is 2.21. The molecule has 1 heterocycles. The third kappa shape index (κ3) is 4.00. The van der Waals surface area contributed by atoms with E-state index in [1.807, 2.05) is 30.3 Å². The molecule has 24 heavy (non-hydrogen) atoms. The number of benzene rings is 2. The summed E-state index contributed by atoms with van der Waals surface area (Å²) in [6.07, 6.45) is 1.67. The second-order valence-electron chi connectivity index (χ2n) is 5.35. The predicted octanol–water partition coefficient (Wildman–Crippen LogP) is 4.01. The molecule has 0 radical (unpaired) electrons. The number of hydrogen-bond acceptors (Lipinski definition) is 4. The lowest BCUT2D eigenvalue weighted by molar-refractivity contribution is 0.130. The van der Waals surface area contributed by atoms with E-state index in [-0.39, 0.29) is 5.82 Å². The Morgan fingerprint density at radius 3 is 2.71 bits per heavy atom. The molecule has 0 aliphatic rings. The SMILES string of the molecule is COc1ccc(COCCNc2ccnc3cc(F)ccc23)cc1. The highest BCUT2D eigenvalue weighted by Gasteiger charge is 2.03. The Kier molecular flexibility index (Phi) is 5.23. The normalized spacial score (nSPS) is 10.8. The van der Waals surface area contributed by atoms with Crippen LogP contribution in [0.2, 0.25) is 0 Å². The van der Waals surface area contributed by atoms with Crippen molar-refractivity contribution >= 4 is 16.6 Å². The fourth-order valence-corrected chi connectivity index (χ4v) is 2.45. The summed E-state index contributed by atoms with van der Waals surface area (Å²) in [5.41, 5.74) is 2.66. The largest absolute Gasteiger partial charge is 0.497 e. The number of nitrogens with one attached hydrogen (secondary N) is 1. The fourth-order valence-electron chi connectivity index (χ4n) is 2.45. The molecule has 4 nitrogen and oxygen atoms in total. The number of halogens is 1. The summed E-state index contributed by atoms with van der Waals surface area (Å²) in [5, 5.41) is 4.20. The van der Waals surface area contributed by atoms with Crippen LogP contribution in [0.15, 0.2) is 54.7 Å². The van der Waals surface area contributed by atoms with Crippen molar-refractivity contribution in [3.63, 3.8) is 0 Å². The van der Waals surface area contributed by atoms with E-state index in [1.165, 1.54) is 12.1 Å². The monoisotopic (exact) mass is 326 g/mol. The summed E-state index contributed by atoms with van der Waals surface area (Å²) in [6, 6.07) is 14.3. The van der Waals surface area contributed by atoms with E-state index in [4.69, 9.17) is 9.47 Å². The molecule has 0 saturated heterocycles. The fraction of sp³-hybridized carbons (Fsp3) is 0.211. The third-order valence-corrected chi connectivity index (χ3v) is 3.69. The van der Waals surface area contributed by atoms with Crippen molar-refractivity contribution in [2.45, 2.75) is 6.61 Å². The van der Waals surface area contributed by atoms with Gasteiger partial charge in [-0.05, 0) is 35.9 Å². The number of ether oxygens (including phenoxy) is 2. The van der Waals surface area contributed by atoms with Crippen LogP contribution in [0.4, 0.5) is 10.1 Å². The van der Waals surface area contributed by atoms with Gasteiger partial charge in [0.1, 0.15) is 11.6 Å². The van der Waals surface area contributed by atoms with Gasteiger partial charge < -0.3 is 14.8 Å². The van der Waals surface area contributed by atoms with Gasteiger partial charge in [0.15, 0.2) is 0 Å². The molecule has 3 aromatic rings. The Labute approximate surface area is 140 Å². The smallest absolute Gasteiger partial charge is 0.125 e. The van der Waals surface area contributed by atoms with Crippen molar-refractivity contribution < 1.29 is 13.9 Å². The van der Waals surface area contributed by atoms with Crippen LogP contribution in [0, 0.1) is 5.82 Å². The standard InChI is InChI=1S/C19H19FN2O2/c1-23-16-5-2-14(3-6-16)13-24-11-10-22-18-8-9-21-19-12-15(20)4-7-17(18)19/h2-9,12H,10-11,13H2,1H3,(H,21,22). The molecule has 0 aliphatic heterocycles. The summed E-state index contributed by atoms with van der Waals surface area (Å²) in [6.45, 7) is 1.78. The van der Waals surface area contributed by atoms with Crippen LogP contribution in [0.3, 0.4) is 0 Å². The summed E-state index contributed by atoms with van der Waals surface area (Å²) < 4.78 is 24.0. The minimum absolute atomic E-state index is 0.282. The molecule has 0 saturated carbocycles. The van der Waals surface area contributed by atoms with Gasteiger partial charge in [-0.1, -0.05) is 12.1 Å². The van der Waals surface area contributed by atoms with Crippen LogP contribution < -0.4 is 10.1 Å². The zero-order valence-electron chi connectivity index (χ0n) is 13.5. The molecular weight excluding hydrogens is 307 g/mol. The number of anilines is 1. The van der Waals surface area contributed by atoms with Gasteiger partial charge in [0.05, 0.1) is 25.8 Å². The topological polar surface area (TPSA) is 43.4 Å². The summed E-state index contributed by atoms with van der Waals surface area (Å²) in [7, 11) is 1.65. The van der Waals surface area contributed by atoms with Gasteiger partial charge in [-0.2, -0.15) is 0 Å². The van der Waals surface area contributed by atoms with Gasteiger partial charge in [0.25, 0.3) is 0 Å². The molecule has 2 aromatic carbocycles. The maximum absolute atomic E-state index is 13.2. The molecule has 0 amide bonds. The van der Waals surface area contributed by atoms with E-state index in [0.29, 0.717) is 25.3 Å². The van der Waals surface area contributed by atoms with Crippen molar-refractivity contribution in [3.05, 3.63) is 66.1 Å². The minimum atomic E-state index is -0.282. The van der Waals surface area contributed by atoms with Crippen LogP contribution in [-0.2, 0) is 11.3 Å². The van der Waals surface area contributed by atoms with Gasteiger partial charge in [-0.15, -0.1) is 0 Å². The van der Waals surface area contributed by atoms with Gasteiger partial charge >= 0.3 is 0 Å². The lowest BCUT2D eigenvalue weighted by atomic mass is 10.2. The second kappa shape index (κ2) is 7.75. The Hall–Kier alpha value is -2.66. The maximum atomic E-state index is 13.2. The zero-order chi connectivity index (χ0) is 16.8. The molecule has 5 heteroatoms. The lowest BCUT2D eigenvalue weighted by Crippen LogP contribution is -2.09. The minimum Gasteiger partial charge on any atom is -0.497 e. The van der Waals surface area contributed by atoms with E-state index in [0.717, 1.165) is 22.4 Å². The second-order valence-corrected chi connectivity index (χ2v) is 5.35. The maximum Gasteiger partial charge on any atom is 0.125 e. The highest BCUT2D eigenvalue weighted by molar-refractivity contribution is 5.90. The van der Waals surface area contributed by atoms with Gasteiger partial charge in [0.2, 0.25) is 0 Å². The van der Waals surface area contributed by atoms with E-state index in [1.54, 1.807) is 19.4 Å². The van der Waals surface area contributed by atoms with E-state index >= 15 is 0 Å². The first-order valence-electron chi connectivity index (χ1n) is 7.75. The molecule has 0 unspecified atom stereocenters. The highest BCUT2D eigenvalue weighted by atomic mass is 19.1. The average Bonchev–Trinajstić information content (AvgIpc) is 2.61. The average molecular weight is 326 g/mol. The van der Waals surface area contributed by atoms with Crippen molar-refractivity contribution in [1.29, 1.82) is 0 Å². The van der Waals surface area contributed by atoms with E-state index < -0.39 is 0 Å². The Bertz CT molecular complexity index is 806. The van der Waals surface area contributed by atoms with E-state index in [2.05, 4.69) is 10.3 Å². The summed E-state index contributed by atoms with van der Waals surface area (Å²) >= 11 is 0. The van der Waals surface area contributed by atoms with Gasteiger partial charge in [-0.3, -0.25) is 4.98 Å². The number of fused-ring (bicyclic) bond motifs is 1. The number of aromatic nitrogens is 1. The third-order valence-electron chi connectivity index (χ3n) is 3.69. The summed E-state index contributed by atoms with van der Waals surface area (Å²) in [4.78, 5) is 4.18. The van der Waals surface area contributed by atoms with E-state index in [9.17, 15) is 4.39 Å². The van der Waals surface area contributed by atoms with Crippen LogP contribution in [0.25, 0.3) is 10.9 Å². The van der Waals surface area contributed by atoms with Crippen molar-refractivity contribution in [3.8, 4) is 5.75 Å². The molecule has 0 bridgehead atoms. The number of rotatable bonds is 7. The first-order valence-corrected chi connectivity index (χ1v) is 7.75. The van der Waals surface area contributed by atoms with Crippen molar-refractivity contribution in [2.75, 3.05) is 25.6 Å². The van der Waals surface area contributed by atoms with Crippen molar-refractivity contribution in [2.24, 2.45) is 0 Å². The molecule has 0 spiro atoms.